The van der Waals surface area contributed by atoms with Crippen LogP contribution in [-0.4, -0.2) is 58.5 Å². The highest BCUT2D eigenvalue weighted by Crippen LogP contribution is 2.24. The number of aromatic nitrogens is 1. The van der Waals surface area contributed by atoms with E-state index >= 15 is 0 Å². The summed E-state index contributed by atoms with van der Waals surface area (Å²) < 4.78 is 7.37. The minimum absolute atomic E-state index is 0.0166. The van der Waals surface area contributed by atoms with Gasteiger partial charge in [0.05, 0.1) is 6.54 Å². The van der Waals surface area contributed by atoms with Gasteiger partial charge in [-0.15, -0.1) is 0 Å². The summed E-state index contributed by atoms with van der Waals surface area (Å²) in [6.07, 6.45) is 7.81. The van der Waals surface area contributed by atoms with Crippen LogP contribution in [0.2, 0.25) is 0 Å². The summed E-state index contributed by atoms with van der Waals surface area (Å²) >= 11 is 0. The number of piperidine rings is 1. The third-order valence-electron chi connectivity index (χ3n) is 6.62. The second kappa shape index (κ2) is 11.2. The van der Waals surface area contributed by atoms with Crippen molar-refractivity contribution in [2.24, 2.45) is 0 Å². The number of carbonyl (C=O) groups excluding carboxylic acids is 2. The third-order valence-corrected chi connectivity index (χ3v) is 6.62. The van der Waals surface area contributed by atoms with Gasteiger partial charge in [-0.3, -0.25) is 14.4 Å². The molecule has 2 aliphatic heterocycles. The molecule has 2 amide bonds. The molecule has 3 heterocycles. The summed E-state index contributed by atoms with van der Waals surface area (Å²) in [6.45, 7) is 2.05. The van der Waals surface area contributed by atoms with Gasteiger partial charge in [0.25, 0.3) is 5.56 Å². The van der Waals surface area contributed by atoms with Gasteiger partial charge >= 0.3 is 0 Å². The molecule has 4 rings (SSSR count). The average Bonchev–Trinajstić information content (AvgIpc) is 2.83. The van der Waals surface area contributed by atoms with Crippen LogP contribution in [0.3, 0.4) is 0 Å². The molecule has 2 aliphatic rings. The molecule has 1 aromatic heterocycles. The van der Waals surface area contributed by atoms with Crippen molar-refractivity contribution in [3.8, 4) is 5.75 Å². The maximum Gasteiger partial charge on any atom is 0.250 e. The van der Waals surface area contributed by atoms with Gasteiger partial charge in [-0.25, -0.2) is 0 Å². The van der Waals surface area contributed by atoms with Crippen molar-refractivity contribution in [1.29, 1.82) is 0 Å². The zero-order valence-electron chi connectivity index (χ0n) is 19.2. The van der Waals surface area contributed by atoms with Crippen molar-refractivity contribution in [3.05, 3.63) is 64.6 Å². The molecular weight excluding hydrogens is 418 g/mol. The van der Waals surface area contributed by atoms with Crippen molar-refractivity contribution in [3.63, 3.8) is 0 Å². The number of amides is 2. The van der Waals surface area contributed by atoms with Crippen LogP contribution in [0.4, 0.5) is 0 Å². The van der Waals surface area contributed by atoms with E-state index in [9.17, 15) is 14.4 Å². The van der Waals surface area contributed by atoms with Crippen LogP contribution in [0, 0.1) is 0 Å². The van der Waals surface area contributed by atoms with Crippen molar-refractivity contribution < 1.29 is 14.3 Å². The predicted octanol–water partition coefficient (Wildman–Crippen LogP) is 2.86. The van der Waals surface area contributed by atoms with Gasteiger partial charge in [0.2, 0.25) is 11.8 Å². The van der Waals surface area contributed by atoms with Gasteiger partial charge in [0.1, 0.15) is 18.9 Å². The molecule has 2 aromatic rings. The fourth-order valence-corrected chi connectivity index (χ4v) is 4.79. The molecule has 33 heavy (non-hydrogen) atoms. The standard InChI is InChI=1S/C26H33N3O4/c30-24-10-2-3-14-28(24)20-26(32)27-15-6-11-25(31)29-16-4-1-8-22(29)13-12-21-7-5-9-23(19-21)33-18-17-27/h2-3,5,7,9-10,14,19,22H,1,4,6,8,11-13,15-18,20H2. The Kier molecular flexibility index (Phi) is 7.81. The first-order valence-corrected chi connectivity index (χ1v) is 12.0. The number of nitrogens with zero attached hydrogens (tertiary/aromatic N) is 3. The van der Waals surface area contributed by atoms with Crippen molar-refractivity contribution in [2.45, 2.75) is 57.5 Å². The second-order valence-corrected chi connectivity index (χ2v) is 8.92. The molecule has 1 atom stereocenters. The summed E-state index contributed by atoms with van der Waals surface area (Å²) in [5.74, 6) is 0.838. The number of benzene rings is 1. The molecular formula is C26H33N3O4. The van der Waals surface area contributed by atoms with E-state index in [1.54, 1.807) is 23.2 Å². The Labute approximate surface area is 194 Å². The molecule has 1 fully saturated rings. The minimum Gasteiger partial charge on any atom is -0.492 e. The van der Waals surface area contributed by atoms with Crippen LogP contribution in [0.1, 0.15) is 44.1 Å². The Bertz CT molecular complexity index is 1020. The van der Waals surface area contributed by atoms with Crippen LogP contribution in [-0.2, 0) is 22.6 Å². The van der Waals surface area contributed by atoms with E-state index in [-0.39, 0.29) is 30.0 Å². The average molecular weight is 452 g/mol. The Balaban J connectivity index is 1.49. The third kappa shape index (κ3) is 6.24. The Hall–Kier alpha value is -3.09. The second-order valence-electron chi connectivity index (χ2n) is 8.92. The lowest BCUT2D eigenvalue weighted by atomic mass is 9.95. The van der Waals surface area contributed by atoms with Crippen LogP contribution < -0.4 is 10.3 Å². The Morgan fingerprint density at radius 2 is 1.85 bits per heavy atom. The van der Waals surface area contributed by atoms with Crippen LogP contribution in [0.15, 0.2) is 53.5 Å². The van der Waals surface area contributed by atoms with Crippen molar-refractivity contribution >= 4 is 11.8 Å². The van der Waals surface area contributed by atoms with E-state index in [0.29, 0.717) is 32.5 Å². The highest BCUT2D eigenvalue weighted by molar-refractivity contribution is 5.77. The highest BCUT2D eigenvalue weighted by atomic mass is 16.5. The van der Waals surface area contributed by atoms with E-state index < -0.39 is 0 Å². The van der Waals surface area contributed by atoms with E-state index in [4.69, 9.17) is 4.74 Å². The summed E-state index contributed by atoms with van der Waals surface area (Å²) in [6, 6.07) is 13.2. The Morgan fingerprint density at radius 3 is 2.73 bits per heavy atom. The summed E-state index contributed by atoms with van der Waals surface area (Å²) in [7, 11) is 0. The quantitative estimate of drug-likeness (QED) is 0.704. The summed E-state index contributed by atoms with van der Waals surface area (Å²) in [5, 5.41) is 0. The van der Waals surface area contributed by atoms with Gasteiger partial charge in [-0.1, -0.05) is 18.2 Å². The molecule has 0 N–H and O–H groups in total. The molecule has 2 bridgehead atoms. The zero-order chi connectivity index (χ0) is 23.0. The smallest absolute Gasteiger partial charge is 0.250 e. The van der Waals surface area contributed by atoms with Gasteiger partial charge in [0.15, 0.2) is 0 Å². The van der Waals surface area contributed by atoms with Crippen LogP contribution in [0.5, 0.6) is 5.75 Å². The molecule has 0 aliphatic carbocycles. The lowest BCUT2D eigenvalue weighted by Gasteiger charge is -2.36. The lowest BCUT2D eigenvalue weighted by molar-refractivity contribution is -0.136. The lowest BCUT2D eigenvalue weighted by Crippen LogP contribution is -2.44. The molecule has 0 radical (unpaired) electrons. The summed E-state index contributed by atoms with van der Waals surface area (Å²) in [4.78, 5) is 41.9. The highest BCUT2D eigenvalue weighted by Gasteiger charge is 2.26. The van der Waals surface area contributed by atoms with Gasteiger partial charge in [-0.2, -0.15) is 0 Å². The monoisotopic (exact) mass is 451 g/mol. The molecule has 7 heteroatoms. The van der Waals surface area contributed by atoms with E-state index in [0.717, 1.165) is 38.0 Å². The minimum atomic E-state index is -0.205. The molecule has 7 nitrogen and oxygen atoms in total. The van der Waals surface area contributed by atoms with E-state index in [2.05, 4.69) is 17.0 Å². The fraction of sp³-hybridized carbons (Fsp3) is 0.500. The first kappa shape index (κ1) is 23.1. The van der Waals surface area contributed by atoms with Gasteiger partial charge in [0, 0.05) is 37.8 Å². The maximum atomic E-state index is 13.0. The largest absolute Gasteiger partial charge is 0.492 e. The number of aryl methyl sites for hydroxylation is 1. The number of carbonyl (C=O) groups is 2. The number of ether oxygens (including phenoxy) is 1. The zero-order valence-corrected chi connectivity index (χ0v) is 19.2. The Morgan fingerprint density at radius 1 is 0.939 bits per heavy atom. The van der Waals surface area contributed by atoms with E-state index in [1.807, 2.05) is 12.1 Å². The number of rotatable bonds is 2. The van der Waals surface area contributed by atoms with Crippen LogP contribution >= 0.6 is 0 Å². The van der Waals surface area contributed by atoms with Gasteiger partial charge < -0.3 is 19.1 Å². The SMILES string of the molecule is O=C(Cn1ccccc1=O)N1CCCC(=O)N2CCCCC2CCc2cccc(c2)OCC1. The topological polar surface area (TPSA) is 71.9 Å². The molecule has 1 saturated heterocycles. The molecule has 0 saturated carbocycles. The molecule has 0 spiro atoms. The first-order valence-electron chi connectivity index (χ1n) is 12.0. The number of hydrogen-bond acceptors (Lipinski definition) is 4. The fourth-order valence-electron chi connectivity index (χ4n) is 4.79. The number of pyridine rings is 1. The number of fused-ring (bicyclic) bond motifs is 3. The molecule has 176 valence electrons. The van der Waals surface area contributed by atoms with Crippen LogP contribution in [0.25, 0.3) is 0 Å². The van der Waals surface area contributed by atoms with Gasteiger partial charge in [-0.05, 0) is 62.3 Å². The first-order chi connectivity index (χ1) is 16.1. The van der Waals surface area contributed by atoms with E-state index in [1.165, 1.54) is 22.6 Å². The number of hydrogen-bond donors (Lipinski definition) is 0. The predicted molar refractivity (Wildman–Crippen MR) is 126 cm³/mol. The maximum absolute atomic E-state index is 13.0. The van der Waals surface area contributed by atoms with Crippen molar-refractivity contribution in [2.75, 3.05) is 26.2 Å². The summed E-state index contributed by atoms with van der Waals surface area (Å²) in [5.41, 5.74) is 1.00. The molecule has 1 aromatic carbocycles. The van der Waals surface area contributed by atoms with Crippen molar-refractivity contribution in [1.82, 2.24) is 14.4 Å². The molecule has 1 unspecified atom stereocenters. The normalized spacial score (nSPS) is 20.2.